The number of pyridine rings is 1. The van der Waals surface area contributed by atoms with Gasteiger partial charge in [0.1, 0.15) is 4.90 Å². The van der Waals surface area contributed by atoms with E-state index in [1.54, 1.807) is 45.0 Å². The normalized spacial score (nSPS) is 11.8. The lowest BCUT2D eigenvalue weighted by atomic mass is 9.83. The molecule has 0 aliphatic heterocycles. The van der Waals surface area contributed by atoms with Crippen molar-refractivity contribution in [2.45, 2.75) is 45.9 Å². The molecular weight excluding hydrogens is 524 g/mol. The van der Waals surface area contributed by atoms with E-state index in [9.17, 15) is 23.1 Å². The van der Waals surface area contributed by atoms with Crippen molar-refractivity contribution in [3.63, 3.8) is 0 Å². The molecule has 0 radical (unpaired) electrons. The Morgan fingerprint density at radius 1 is 1.10 bits per heavy atom. The first-order chi connectivity index (χ1) is 18.3. The predicted molar refractivity (Wildman–Crippen MR) is 144 cm³/mol. The van der Waals surface area contributed by atoms with Crippen LogP contribution in [0.2, 0.25) is 0 Å². The van der Waals surface area contributed by atoms with Crippen LogP contribution in [0.3, 0.4) is 0 Å². The van der Waals surface area contributed by atoms with Crippen molar-refractivity contribution < 1.29 is 32.6 Å². The van der Waals surface area contributed by atoms with Gasteiger partial charge >= 0.3 is 12.1 Å². The molecule has 2 heterocycles. The molecule has 1 N–H and O–H groups in total. The second kappa shape index (κ2) is 11.8. The lowest BCUT2D eigenvalue weighted by molar-refractivity contribution is -0.146. The third-order valence-corrected chi connectivity index (χ3v) is 7.44. The molecule has 12 heteroatoms. The smallest absolute Gasteiger partial charge is 0.430 e. The second-order valence-electron chi connectivity index (χ2n) is 9.98. The van der Waals surface area contributed by atoms with E-state index in [1.807, 2.05) is 13.8 Å². The van der Waals surface area contributed by atoms with Gasteiger partial charge < -0.3 is 14.6 Å². The summed E-state index contributed by atoms with van der Waals surface area (Å²) in [6.45, 7) is 8.40. The number of amides is 1. The molecule has 0 spiro atoms. The summed E-state index contributed by atoms with van der Waals surface area (Å²) in [6, 6.07) is 8.38. The highest BCUT2D eigenvalue weighted by molar-refractivity contribution is 7.93. The lowest BCUT2D eigenvalue weighted by Crippen LogP contribution is -2.39. The number of ether oxygens (including phenoxy) is 2. The minimum Gasteiger partial charge on any atom is -0.481 e. The average molecular weight is 557 g/mol. The fourth-order valence-electron chi connectivity index (χ4n) is 3.72. The van der Waals surface area contributed by atoms with E-state index in [0.29, 0.717) is 21.1 Å². The maximum absolute atomic E-state index is 14.2. The fourth-order valence-corrected chi connectivity index (χ4v) is 5.16. The van der Waals surface area contributed by atoms with Gasteiger partial charge in [-0.15, -0.1) is 4.31 Å². The third-order valence-electron chi connectivity index (χ3n) is 5.76. The van der Waals surface area contributed by atoms with Crippen molar-refractivity contribution in [3.8, 4) is 17.0 Å². The van der Waals surface area contributed by atoms with E-state index in [1.165, 1.54) is 25.6 Å². The number of hydrogen-bond donors (Lipinski definition) is 1. The van der Waals surface area contributed by atoms with Crippen molar-refractivity contribution >= 4 is 27.9 Å². The van der Waals surface area contributed by atoms with Crippen molar-refractivity contribution in [1.82, 2.24) is 15.0 Å². The van der Waals surface area contributed by atoms with E-state index in [4.69, 9.17) is 9.47 Å². The number of anilines is 1. The van der Waals surface area contributed by atoms with Gasteiger partial charge in [0.25, 0.3) is 15.9 Å². The summed E-state index contributed by atoms with van der Waals surface area (Å²) in [5.74, 6) is -1.62. The zero-order valence-corrected chi connectivity index (χ0v) is 23.5. The number of nitrogens with zero attached hydrogens (tertiary/aromatic N) is 4. The molecule has 0 bridgehead atoms. The molecule has 3 aromatic rings. The fraction of sp³-hybridized carbons (Fsp3) is 0.370. The molecule has 0 aliphatic rings. The number of methoxy groups -OCH3 is 1. The number of carbonyl (C=O) groups is 2. The van der Waals surface area contributed by atoms with Crippen molar-refractivity contribution in [1.29, 1.82) is 0 Å². The molecule has 3 rings (SSSR count). The number of carboxylic acids is 1. The van der Waals surface area contributed by atoms with Crippen LogP contribution in [-0.2, 0) is 26.0 Å². The summed E-state index contributed by atoms with van der Waals surface area (Å²) in [5.41, 5.74) is 0.627. The van der Waals surface area contributed by atoms with Gasteiger partial charge in [-0.05, 0) is 50.3 Å². The van der Waals surface area contributed by atoms with Crippen LogP contribution in [0.4, 0.5) is 10.6 Å². The highest BCUT2D eigenvalue weighted by atomic mass is 32.2. The summed E-state index contributed by atoms with van der Waals surface area (Å²) in [7, 11) is -3.42. The number of aliphatic carboxylic acids is 1. The number of carbonyl (C=O) groups excluding carboxylic acids is 1. The van der Waals surface area contributed by atoms with Gasteiger partial charge in [0.2, 0.25) is 5.82 Å². The van der Waals surface area contributed by atoms with Crippen LogP contribution in [0, 0.1) is 18.3 Å². The van der Waals surface area contributed by atoms with Crippen LogP contribution in [0.1, 0.15) is 39.0 Å². The standard InChI is InChI=1S/C27H32N4O7S/c1-17(2)16-38-26(34)31(23-24(37-6)30-18(3)14-29-23)39(35,36)22-15-28-12-11-21(22)20-10-8-7-9-19(20)13-27(4,5)25(32)33/h7-12,14-15,17H,13,16H2,1-6H3,(H,32,33). The molecular formula is C27H32N4O7S. The first-order valence-electron chi connectivity index (χ1n) is 12.1. The minimum absolute atomic E-state index is 0.0422. The van der Waals surface area contributed by atoms with Crippen LogP contribution in [-0.4, -0.2) is 54.3 Å². The summed E-state index contributed by atoms with van der Waals surface area (Å²) < 4.78 is 39.5. The van der Waals surface area contributed by atoms with Crippen LogP contribution >= 0.6 is 0 Å². The van der Waals surface area contributed by atoms with E-state index in [2.05, 4.69) is 15.0 Å². The Morgan fingerprint density at radius 2 is 1.79 bits per heavy atom. The average Bonchev–Trinajstić information content (AvgIpc) is 2.88. The van der Waals surface area contributed by atoms with Gasteiger partial charge in [-0.3, -0.25) is 9.78 Å². The van der Waals surface area contributed by atoms with Crippen LogP contribution in [0.5, 0.6) is 5.88 Å². The zero-order valence-electron chi connectivity index (χ0n) is 22.7. The summed E-state index contributed by atoms with van der Waals surface area (Å²) in [5, 5.41) is 9.68. The van der Waals surface area contributed by atoms with Crippen molar-refractivity contribution in [3.05, 3.63) is 60.2 Å². The Kier molecular flexibility index (Phi) is 8.90. The predicted octanol–water partition coefficient (Wildman–Crippen LogP) is 4.50. The SMILES string of the molecule is COc1nc(C)cnc1N(C(=O)OCC(C)C)S(=O)(=O)c1cnccc1-c1ccccc1CC(C)(C)C(=O)O. The molecule has 2 aromatic heterocycles. The third kappa shape index (κ3) is 6.51. The van der Waals surface area contributed by atoms with Crippen molar-refractivity contribution in [2.24, 2.45) is 11.3 Å². The van der Waals surface area contributed by atoms with Crippen molar-refractivity contribution in [2.75, 3.05) is 18.0 Å². The van der Waals surface area contributed by atoms with E-state index in [0.717, 1.165) is 6.20 Å². The molecule has 1 aromatic carbocycles. The lowest BCUT2D eigenvalue weighted by Gasteiger charge is -2.25. The molecule has 1 amide bonds. The first-order valence-corrected chi connectivity index (χ1v) is 13.6. The number of sulfonamides is 1. The maximum atomic E-state index is 14.2. The zero-order chi connectivity index (χ0) is 29.0. The summed E-state index contributed by atoms with van der Waals surface area (Å²) >= 11 is 0. The van der Waals surface area contributed by atoms with E-state index in [-0.39, 0.29) is 41.1 Å². The summed E-state index contributed by atoms with van der Waals surface area (Å²) in [4.78, 5) is 37.2. The molecule has 0 aliphatic carbocycles. The molecule has 11 nitrogen and oxygen atoms in total. The number of aryl methyl sites for hydroxylation is 1. The number of benzene rings is 1. The molecule has 0 atom stereocenters. The Labute approximate surface area is 227 Å². The van der Waals surface area contributed by atoms with E-state index < -0.39 is 27.5 Å². The van der Waals surface area contributed by atoms with Gasteiger partial charge in [0, 0.05) is 18.0 Å². The highest BCUT2D eigenvalue weighted by Crippen LogP contribution is 2.37. The Hall–Kier alpha value is -4.06. The number of hydrogen-bond acceptors (Lipinski definition) is 9. The molecule has 0 fully saturated rings. The highest BCUT2D eigenvalue weighted by Gasteiger charge is 2.39. The maximum Gasteiger partial charge on any atom is 0.430 e. The minimum atomic E-state index is -4.70. The van der Waals surface area contributed by atoms with Gasteiger partial charge in [0.05, 0.1) is 31.0 Å². The molecule has 0 unspecified atom stereocenters. The van der Waals surface area contributed by atoms with Gasteiger partial charge in [-0.1, -0.05) is 38.1 Å². The van der Waals surface area contributed by atoms with Gasteiger partial charge in [0.15, 0.2) is 0 Å². The molecule has 39 heavy (non-hydrogen) atoms. The second-order valence-corrected chi connectivity index (χ2v) is 11.7. The van der Waals surface area contributed by atoms with Crippen LogP contribution in [0.25, 0.3) is 11.1 Å². The first kappa shape index (κ1) is 29.5. The Bertz CT molecular complexity index is 1470. The number of aromatic nitrogens is 3. The Morgan fingerprint density at radius 3 is 2.44 bits per heavy atom. The van der Waals surface area contributed by atoms with E-state index >= 15 is 0 Å². The quantitative estimate of drug-likeness (QED) is 0.378. The van der Waals surface area contributed by atoms with Gasteiger partial charge in [-0.2, -0.15) is 0 Å². The monoisotopic (exact) mass is 556 g/mol. The largest absolute Gasteiger partial charge is 0.481 e. The van der Waals surface area contributed by atoms with Crippen LogP contribution < -0.4 is 9.04 Å². The summed E-state index contributed by atoms with van der Waals surface area (Å²) in [6.07, 6.45) is 2.79. The molecule has 208 valence electrons. The number of rotatable bonds is 10. The Balaban J connectivity index is 2.24. The van der Waals surface area contributed by atoms with Crippen LogP contribution in [0.15, 0.2) is 53.8 Å². The van der Waals surface area contributed by atoms with Gasteiger partial charge in [-0.25, -0.2) is 23.2 Å². The number of carboxylic acid groups (broad SMARTS) is 1. The topological polar surface area (TPSA) is 149 Å². The molecule has 0 saturated heterocycles. The molecule has 0 saturated carbocycles.